The Bertz CT molecular complexity index is 380. The van der Waals surface area contributed by atoms with Crippen molar-refractivity contribution in [1.82, 2.24) is 5.32 Å². The highest BCUT2D eigenvalue weighted by Crippen LogP contribution is 2.48. The lowest BCUT2D eigenvalue weighted by molar-refractivity contribution is -0.133. The van der Waals surface area contributed by atoms with Crippen LogP contribution in [0.25, 0.3) is 0 Å². The van der Waals surface area contributed by atoms with Gasteiger partial charge in [0.15, 0.2) is 0 Å². The molecule has 0 heterocycles. The summed E-state index contributed by atoms with van der Waals surface area (Å²) in [6, 6.07) is 0. The monoisotopic (exact) mass is 251 g/mol. The van der Waals surface area contributed by atoms with Crippen molar-refractivity contribution in [3.8, 4) is 0 Å². The summed E-state index contributed by atoms with van der Waals surface area (Å²) < 4.78 is 0. The average Bonchev–Trinajstić information content (AvgIpc) is 3.18. The highest BCUT2D eigenvalue weighted by atomic mass is 16.4. The number of amides is 1. The molecule has 0 aromatic carbocycles. The first-order valence-electron chi connectivity index (χ1n) is 6.69. The minimum atomic E-state index is -1.02. The molecule has 2 aliphatic rings. The Balaban J connectivity index is 1.87. The number of carboxylic acid groups (broad SMARTS) is 1. The van der Waals surface area contributed by atoms with Gasteiger partial charge in [-0.3, -0.25) is 4.79 Å². The minimum Gasteiger partial charge on any atom is -0.478 e. The van der Waals surface area contributed by atoms with Crippen molar-refractivity contribution in [2.75, 3.05) is 6.54 Å². The van der Waals surface area contributed by atoms with E-state index in [1.165, 1.54) is 32.6 Å². The molecule has 0 saturated heterocycles. The number of rotatable bonds is 6. The van der Waals surface area contributed by atoms with Crippen LogP contribution in [-0.4, -0.2) is 23.5 Å². The first kappa shape index (κ1) is 13.1. The van der Waals surface area contributed by atoms with Gasteiger partial charge in [0.25, 0.3) is 0 Å². The molecule has 2 aliphatic carbocycles. The van der Waals surface area contributed by atoms with Gasteiger partial charge in [0.05, 0.1) is 0 Å². The predicted molar refractivity (Wildman–Crippen MR) is 68.0 cm³/mol. The standard InChI is InChI=1S/C14H21NO3/c1-8(9(2)14(17)18)13(16)15-7-12(10-3-4-10)11-5-6-11/h10-12H,3-7H2,1-2H3,(H,15,16)(H,17,18). The molecule has 2 rings (SSSR count). The zero-order valence-corrected chi connectivity index (χ0v) is 11.0. The number of aliphatic carboxylic acids is 1. The van der Waals surface area contributed by atoms with Crippen LogP contribution < -0.4 is 5.32 Å². The molecule has 0 bridgehead atoms. The maximum absolute atomic E-state index is 11.8. The molecule has 0 aromatic rings. The van der Waals surface area contributed by atoms with Gasteiger partial charge in [-0.2, -0.15) is 0 Å². The summed E-state index contributed by atoms with van der Waals surface area (Å²) in [7, 11) is 0. The van der Waals surface area contributed by atoms with E-state index in [9.17, 15) is 9.59 Å². The second-order valence-corrected chi connectivity index (χ2v) is 5.60. The van der Waals surface area contributed by atoms with Gasteiger partial charge in [-0.15, -0.1) is 0 Å². The third-order valence-electron chi connectivity index (χ3n) is 4.18. The first-order chi connectivity index (χ1) is 8.50. The average molecular weight is 251 g/mol. The van der Waals surface area contributed by atoms with Crippen molar-refractivity contribution in [2.24, 2.45) is 17.8 Å². The molecule has 2 saturated carbocycles. The van der Waals surface area contributed by atoms with Gasteiger partial charge in [-0.1, -0.05) is 0 Å². The summed E-state index contributed by atoms with van der Waals surface area (Å²) in [5.41, 5.74) is 0.440. The zero-order chi connectivity index (χ0) is 13.3. The van der Waals surface area contributed by atoms with Gasteiger partial charge >= 0.3 is 5.97 Å². The summed E-state index contributed by atoms with van der Waals surface area (Å²) in [4.78, 5) is 22.6. The Morgan fingerprint density at radius 2 is 1.61 bits per heavy atom. The second-order valence-electron chi connectivity index (χ2n) is 5.60. The maximum atomic E-state index is 11.8. The normalized spacial score (nSPS) is 20.6. The molecular formula is C14H21NO3. The maximum Gasteiger partial charge on any atom is 0.331 e. The molecule has 0 aliphatic heterocycles. The molecule has 0 radical (unpaired) electrons. The van der Waals surface area contributed by atoms with Gasteiger partial charge in [0, 0.05) is 17.7 Å². The summed E-state index contributed by atoms with van der Waals surface area (Å²) >= 11 is 0. The zero-order valence-electron chi connectivity index (χ0n) is 11.0. The third-order valence-corrected chi connectivity index (χ3v) is 4.18. The van der Waals surface area contributed by atoms with E-state index in [1.54, 1.807) is 6.92 Å². The van der Waals surface area contributed by atoms with Crippen LogP contribution in [0.3, 0.4) is 0 Å². The SMILES string of the molecule is CC(C(=O)O)=C(C)C(=O)NCC(C1CC1)C1CC1. The molecule has 2 fully saturated rings. The topological polar surface area (TPSA) is 66.4 Å². The van der Waals surface area contributed by atoms with Crippen LogP contribution in [0, 0.1) is 17.8 Å². The smallest absolute Gasteiger partial charge is 0.331 e. The van der Waals surface area contributed by atoms with Crippen molar-refractivity contribution < 1.29 is 14.7 Å². The Labute approximate surface area is 107 Å². The lowest BCUT2D eigenvalue weighted by atomic mass is 9.98. The summed E-state index contributed by atoms with van der Waals surface area (Å²) in [5.74, 6) is 0.946. The number of hydrogen-bond acceptors (Lipinski definition) is 2. The Morgan fingerprint density at radius 3 is 2.00 bits per heavy atom. The van der Waals surface area contributed by atoms with E-state index in [0.717, 1.165) is 11.8 Å². The van der Waals surface area contributed by atoms with Crippen LogP contribution in [0.1, 0.15) is 39.5 Å². The molecular weight excluding hydrogens is 230 g/mol. The number of carbonyl (C=O) groups is 2. The molecule has 0 aromatic heterocycles. The van der Waals surface area contributed by atoms with Crippen molar-refractivity contribution >= 4 is 11.9 Å². The van der Waals surface area contributed by atoms with Crippen molar-refractivity contribution in [2.45, 2.75) is 39.5 Å². The molecule has 0 spiro atoms. The third kappa shape index (κ3) is 3.12. The quantitative estimate of drug-likeness (QED) is 0.709. The summed E-state index contributed by atoms with van der Waals surface area (Å²) in [6.07, 6.45) is 5.17. The molecule has 0 unspecified atom stereocenters. The van der Waals surface area contributed by atoms with Gasteiger partial charge in [-0.05, 0) is 57.3 Å². The number of carboxylic acids is 1. The second kappa shape index (κ2) is 5.12. The van der Waals surface area contributed by atoms with Crippen LogP contribution in [0.2, 0.25) is 0 Å². The highest BCUT2D eigenvalue weighted by molar-refractivity contribution is 6.01. The van der Waals surface area contributed by atoms with Gasteiger partial charge in [-0.25, -0.2) is 4.79 Å². The highest BCUT2D eigenvalue weighted by Gasteiger charge is 2.41. The largest absolute Gasteiger partial charge is 0.478 e. The van der Waals surface area contributed by atoms with E-state index in [1.807, 2.05) is 0 Å². The molecule has 1 amide bonds. The fourth-order valence-electron chi connectivity index (χ4n) is 2.44. The van der Waals surface area contributed by atoms with Crippen LogP contribution in [-0.2, 0) is 9.59 Å². The number of nitrogens with one attached hydrogen (secondary N) is 1. The van der Waals surface area contributed by atoms with Crippen LogP contribution in [0.15, 0.2) is 11.1 Å². The van der Waals surface area contributed by atoms with E-state index < -0.39 is 5.97 Å². The lowest BCUT2D eigenvalue weighted by Gasteiger charge is -2.16. The van der Waals surface area contributed by atoms with Crippen molar-refractivity contribution in [3.63, 3.8) is 0 Å². The van der Waals surface area contributed by atoms with Crippen LogP contribution in [0.5, 0.6) is 0 Å². The van der Waals surface area contributed by atoms with Crippen LogP contribution >= 0.6 is 0 Å². The number of carbonyl (C=O) groups excluding carboxylic acids is 1. The van der Waals surface area contributed by atoms with Crippen molar-refractivity contribution in [1.29, 1.82) is 0 Å². The molecule has 0 atom stereocenters. The van der Waals surface area contributed by atoms with E-state index in [4.69, 9.17) is 5.11 Å². The molecule has 2 N–H and O–H groups in total. The Hall–Kier alpha value is -1.32. The fraction of sp³-hybridized carbons (Fsp3) is 0.714. The van der Waals surface area contributed by atoms with Gasteiger partial charge in [0.2, 0.25) is 5.91 Å². The minimum absolute atomic E-state index is 0.127. The van der Waals surface area contributed by atoms with E-state index in [-0.39, 0.29) is 11.5 Å². The fourth-order valence-corrected chi connectivity index (χ4v) is 2.44. The van der Waals surface area contributed by atoms with Gasteiger partial charge < -0.3 is 10.4 Å². The van der Waals surface area contributed by atoms with E-state index in [2.05, 4.69) is 5.32 Å². The van der Waals surface area contributed by atoms with Gasteiger partial charge in [0.1, 0.15) is 0 Å². The molecule has 18 heavy (non-hydrogen) atoms. The van der Waals surface area contributed by atoms with Crippen molar-refractivity contribution in [3.05, 3.63) is 11.1 Å². The Kier molecular flexibility index (Phi) is 3.73. The summed E-state index contributed by atoms with van der Waals surface area (Å²) in [5, 5.41) is 11.7. The van der Waals surface area contributed by atoms with Crippen LogP contribution in [0.4, 0.5) is 0 Å². The molecule has 4 nitrogen and oxygen atoms in total. The lowest BCUT2D eigenvalue weighted by Crippen LogP contribution is -2.32. The Morgan fingerprint density at radius 1 is 1.11 bits per heavy atom. The molecule has 4 heteroatoms. The number of hydrogen-bond donors (Lipinski definition) is 2. The first-order valence-corrected chi connectivity index (χ1v) is 6.69. The van der Waals surface area contributed by atoms with E-state index >= 15 is 0 Å². The molecule has 100 valence electrons. The van der Waals surface area contributed by atoms with E-state index in [0.29, 0.717) is 18.0 Å². The predicted octanol–water partition coefficient (Wildman–Crippen LogP) is 1.96. The summed E-state index contributed by atoms with van der Waals surface area (Å²) in [6.45, 7) is 3.75.